The number of hydrogen-bond donors (Lipinski definition) is 2. The van der Waals surface area contributed by atoms with E-state index < -0.39 is 12.5 Å². The number of rotatable bonds is 18. The molecule has 1 saturated carbocycles. The Labute approximate surface area is 285 Å². The topological polar surface area (TPSA) is 92.4 Å². The molecule has 12 heteroatoms. The van der Waals surface area contributed by atoms with Gasteiger partial charge in [0.1, 0.15) is 17.5 Å². The molecule has 3 aromatic carbocycles. The van der Waals surface area contributed by atoms with Gasteiger partial charge in [-0.3, -0.25) is 14.5 Å². The molecule has 1 aliphatic heterocycles. The molecule has 1 saturated heterocycles. The third kappa shape index (κ3) is 9.88. The lowest BCUT2D eigenvalue weighted by atomic mass is 10.1. The lowest BCUT2D eigenvalue weighted by Crippen LogP contribution is -2.61. The van der Waals surface area contributed by atoms with Gasteiger partial charge in [-0.25, -0.2) is 8.78 Å². The van der Waals surface area contributed by atoms with Crippen molar-refractivity contribution in [2.24, 2.45) is 0 Å². The summed E-state index contributed by atoms with van der Waals surface area (Å²) in [6.45, 7) is 2.26. The summed E-state index contributed by atoms with van der Waals surface area (Å²) in [5.41, 5.74) is 3.35. The lowest BCUT2D eigenvalue weighted by Gasteiger charge is -2.38. The van der Waals surface area contributed by atoms with Crippen LogP contribution in [-0.2, 0) is 33.9 Å². The molecule has 5 rings (SSSR count). The van der Waals surface area contributed by atoms with Gasteiger partial charge < -0.3 is 29.7 Å². The van der Waals surface area contributed by atoms with E-state index in [0.717, 1.165) is 35.3 Å². The summed E-state index contributed by atoms with van der Waals surface area (Å²) in [5, 5.41) is 6.38. The van der Waals surface area contributed by atoms with Crippen molar-refractivity contribution in [1.29, 1.82) is 0 Å². The van der Waals surface area contributed by atoms with Gasteiger partial charge in [0.2, 0.25) is 11.8 Å². The van der Waals surface area contributed by atoms with Crippen molar-refractivity contribution in [3.05, 3.63) is 88.4 Å². The molecule has 2 amide bonds. The molecule has 9 nitrogen and oxygen atoms in total. The number of halogens is 3. The first kappa shape index (κ1) is 35.5. The van der Waals surface area contributed by atoms with Gasteiger partial charge >= 0.3 is 0 Å². The van der Waals surface area contributed by atoms with Crippen molar-refractivity contribution in [3.63, 3.8) is 0 Å². The van der Waals surface area contributed by atoms with Crippen LogP contribution >= 0.6 is 11.6 Å². The first-order chi connectivity index (χ1) is 23.3. The van der Waals surface area contributed by atoms with Crippen molar-refractivity contribution in [1.82, 2.24) is 15.5 Å². The van der Waals surface area contributed by atoms with Gasteiger partial charge in [-0.1, -0.05) is 41.9 Å². The molecular formula is C36H43ClF2N4O5. The van der Waals surface area contributed by atoms with Crippen molar-refractivity contribution >= 4 is 29.1 Å². The van der Waals surface area contributed by atoms with E-state index in [9.17, 15) is 18.4 Å². The zero-order chi connectivity index (χ0) is 33.9. The Morgan fingerprint density at radius 3 is 2.62 bits per heavy atom. The van der Waals surface area contributed by atoms with Gasteiger partial charge in [0.05, 0.1) is 40.0 Å². The third-order valence-corrected chi connectivity index (χ3v) is 8.73. The Bertz CT molecular complexity index is 1510. The number of carbonyl (C=O) groups excluding carboxylic acids is 2. The predicted octanol–water partition coefficient (Wildman–Crippen LogP) is 5.23. The zero-order valence-corrected chi connectivity index (χ0v) is 27.9. The normalized spacial score (nSPS) is 16.3. The number of para-hydroxylation sites is 1. The second-order valence-corrected chi connectivity index (χ2v) is 12.3. The van der Waals surface area contributed by atoms with E-state index in [-0.39, 0.29) is 30.9 Å². The summed E-state index contributed by atoms with van der Waals surface area (Å²) >= 11 is 6.57. The number of amides is 2. The van der Waals surface area contributed by atoms with Gasteiger partial charge in [0, 0.05) is 41.8 Å². The van der Waals surface area contributed by atoms with Gasteiger partial charge in [0.25, 0.3) is 6.43 Å². The van der Waals surface area contributed by atoms with Crippen molar-refractivity contribution in [2.75, 3.05) is 51.4 Å². The number of ether oxygens (including phenoxy) is 3. The summed E-state index contributed by atoms with van der Waals surface area (Å²) in [7, 11) is 1.64. The van der Waals surface area contributed by atoms with E-state index >= 15 is 0 Å². The average molecular weight is 685 g/mol. The maximum absolute atomic E-state index is 14.1. The first-order valence-corrected chi connectivity index (χ1v) is 16.7. The Morgan fingerprint density at radius 2 is 1.88 bits per heavy atom. The molecule has 0 bridgehead atoms. The summed E-state index contributed by atoms with van der Waals surface area (Å²) in [6.07, 6.45) is 0.616. The molecule has 3 aromatic rings. The monoisotopic (exact) mass is 684 g/mol. The molecule has 1 aliphatic carbocycles. The summed E-state index contributed by atoms with van der Waals surface area (Å²) in [4.78, 5) is 30.7. The van der Waals surface area contributed by atoms with Crippen LogP contribution in [0.3, 0.4) is 0 Å². The van der Waals surface area contributed by atoms with E-state index in [0.29, 0.717) is 68.8 Å². The average Bonchev–Trinajstić information content (AvgIpc) is 3.94. The van der Waals surface area contributed by atoms with Crippen LogP contribution in [0.5, 0.6) is 11.5 Å². The number of nitrogens with one attached hydrogen (secondary N) is 2. The molecule has 1 heterocycles. The highest BCUT2D eigenvalue weighted by Crippen LogP contribution is 2.33. The highest BCUT2D eigenvalue weighted by Gasteiger charge is 2.41. The minimum atomic E-state index is -2.40. The number of hydrogen-bond acceptors (Lipinski definition) is 7. The minimum absolute atomic E-state index is 0.0679. The number of alkyl halides is 2. The van der Waals surface area contributed by atoms with Crippen molar-refractivity contribution < 1.29 is 32.6 Å². The number of nitrogens with zero attached hydrogens (tertiary/aromatic N) is 2. The molecule has 0 aromatic heterocycles. The van der Waals surface area contributed by atoms with Gasteiger partial charge in [-0.2, -0.15) is 0 Å². The molecule has 258 valence electrons. The second-order valence-electron chi connectivity index (χ2n) is 11.9. The first-order valence-electron chi connectivity index (χ1n) is 16.4. The van der Waals surface area contributed by atoms with Crippen LogP contribution in [0.4, 0.5) is 14.5 Å². The fourth-order valence-corrected chi connectivity index (χ4v) is 5.92. The van der Waals surface area contributed by atoms with Crippen LogP contribution in [0.1, 0.15) is 36.0 Å². The smallest absolute Gasteiger partial charge is 0.250 e. The van der Waals surface area contributed by atoms with E-state index in [1.54, 1.807) is 30.2 Å². The van der Waals surface area contributed by atoms with Gasteiger partial charge in [-0.05, 0) is 73.3 Å². The summed E-state index contributed by atoms with van der Waals surface area (Å²) in [6, 6.07) is 19.9. The lowest BCUT2D eigenvalue weighted by molar-refractivity contribution is -0.136. The molecule has 2 aliphatic rings. The predicted molar refractivity (Wildman–Crippen MR) is 181 cm³/mol. The largest absolute Gasteiger partial charge is 0.496 e. The van der Waals surface area contributed by atoms with Crippen LogP contribution < -0.4 is 25.0 Å². The molecular weight excluding hydrogens is 642 g/mol. The molecule has 2 fully saturated rings. The van der Waals surface area contributed by atoms with E-state index in [1.807, 2.05) is 53.4 Å². The van der Waals surface area contributed by atoms with Crippen LogP contribution in [0.15, 0.2) is 66.7 Å². The Hall–Kier alpha value is -3.77. The summed E-state index contributed by atoms with van der Waals surface area (Å²) in [5.74, 6) is 1.12. The van der Waals surface area contributed by atoms with Gasteiger partial charge in [0.15, 0.2) is 0 Å². The highest BCUT2D eigenvalue weighted by atomic mass is 35.5. The molecule has 2 N–H and O–H groups in total. The fraction of sp³-hybridized carbons (Fsp3) is 0.444. The molecule has 0 spiro atoms. The molecule has 0 radical (unpaired) electrons. The second kappa shape index (κ2) is 17.6. The number of benzene rings is 3. The number of piperazine rings is 1. The maximum atomic E-state index is 14.1. The van der Waals surface area contributed by atoms with Crippen molar-refractivity contribution in [2.45, 2.75) is 57.3 Å². The quantitative estimate of drug-likeness (QED) is 0.178. The summed E-state index contributed by atoms with van der Waals surface area (Å²) < 4.78 is 42.0. The highest BCUT2D eigenvalue weighted by molar-refractivity contribution is 6.31. The minimum Gasteiger partial charge on any atom is -0.496 e. The van der Waals surface area contributed by atoms with Gasteiger partial charge in [-0.15, -0.1) is 0 Å². The van der Waals surface area contributed by atoms with Crippen LogP contribution in [0.2, 0.25) is 5.02 Å². The zero-order valence-electron chi connectivity index (χ0n) is 27.1. The number of carbonyl (C=O) groups is 2. The van der Waals surface area contributed by atoms with Crippen LogP contribution in [-0.4, -0.2) is 81.7 Å². The molecule has 48 heavy (non-hydrogen) atoms. The van der Waals surface area contributed by atoms with Crippen molar-refractivity contribution in [3.8, 4) is 11.5 Å². The van der Waals surface area contributed by atoms with E-state index in [2.05, 4.69) is 10.6 Å². The Morgan fingerprint density at radius 1 is 1.08 bits per heavy atom. The Kier molecular flexibility index (Phi) is 13.0. The number of methoxy groups -OCH3 is 1. The maximum Gasteiger partial charge on any atom is 0.250 e. The third-order valence-electron chi connectivity index (χ3n) is 8.36. The van der Waals surface area contributed by atoms with Crippen LogP contribution in [0, 0.1) is 0 Å². The van der Waals surface area contributed by atoms with E-state index in [4.69, 9.17) is 25.8 Å². The Balaban J connectivity index is 1.17. The molecule has 0 unspecified atom stereocenters. The SMILES string of the molecule is COc1ccccc1COCCCOc1ccc(N2C(=O)CNC[C@@H]2C(=O)N(Cc2cc(CCNCC(F)F)ccc2Cl)C2CC2)cc1. The van der Waals surface area contributed by atoms with E-state index in [1.165, 1.54) is 0 Å². The molecule has 1 atom stereocenters. The standard InChI is InChI=1S/C36H43ClF2N4O5/c1-46-33-6-3-2-5-26(33)24-47-17-4-18-48-30-12-10-29(11-13-30)43-32(20-41-22-35(43)44)36(45)42(28-8-9-28)23-27-19-25(7-14-31(27)37)15-16-40-21-34(38)39/h2-3,5-7,10-14,19,28,32,34,40-41H,4,8-9,15-18,20-24H2,1H3/t32-/m1/s1. The number of anilines is 1. The fourth-order valence-electron chi connectivity index (χ4n) is 5.74. The van der Waals surface area contributed by atoms with Crippen LogP contribution in [0.25, 0.3) is 0 Å².